The van der Waals surface area contributed by atoms with Crippen LogP contribution in [0.2, 0.25) is 0 Å². The van der Waals surface area contributed by atoms with E-state index in [9.17, 15) is 36.3 Å². The third-order valence-electron chi connectivity index (χ3n) is 6.42. The molecule has 1 aromatic heterocycles. The zero-order valence-electron chi connectivity index (χ0n) is 20.2. The van der Waals surface area contributed by atoms with Crippen LogP contribution in [0.5, 0.6) is 11.5 Å². The summed E-state index contributed by atoms with van der Waals surface area (Å²) in [7, 11) is -4.57. The van der Waals surface area contributed by atoms with Crippen LogP contribution in [0.15, 0.2) is 29.2 Å². The van der Waals surface area contributed by atoms with E-state index in [1.807, 2.05) is 18.9 Å². The molecule has 1 atom stereocenters. The molecule has 14 heteroatoms. The Morgan fingerprint density at radius 2 is 1.89 bits per heavy atom. The van der Waals surface area contributed by atoms with Crippen LogP contribution in [0.1, 0.15) is 55.1 Å². The SMILES string of the molecule is COCCCOc1cc2c(cc1OS(=O)(=O)C(F)(F)F)-c1cc(=O)c(C(=O)O)cn1N1[C@@H]2CCC1(C)C. The maximum absolute atomic E-state index is 13.1. The Kier molecular flexibility index (Phi) is 6.69. The van der Waals surface area contributed by atoms with E-state index < -0.39 is 43.9 Å². The molecule has 0 bridgehead atoms. The van der Waals surface area contributed by atoms with E-state index in [1.54, 1.807) is 0 Å². The highest BCUT2D eigenvalue weighted by molar-refractivity contribution is 7.88. The van der Waals surface area contributed by atoms with Crippen LogP contribution in [-0.2, 0) is 14.9 Å². The maximum Gasteiger partial charge on any atom is 0.534 e. The van der Waals surface area contributed by atoms with E-state index in [2.05, 4.69) is 4.18 Å². The van der Waals surface area contributed by atoms with Crippen LogP contribution >= 0.6 is 0 Å². The highest BCUT2D eigenvalue weighted by atomic mass is 32.2. The average molecular weight is 547 g/mol. The van der Waals surface area contributed by atoms with Gasteiger partial charge in [0.25, 0.3) is 0 Å². The zero-order valence-corrected chi connectivity index (χ0v) is 21.0. The van der Waals surface area contributed by atoms with Gasteiger partial charge in [-0.2, -0.15) is 21.6 Å². The number of fused-ring (bicyclic) bond motifs is 6. The van der Waals surface area contributed by atoms with E-state index in [0.717, 1.165) is 12.1 Å². The summed E-state index contributed by atoms with van der Waals surface area (Å²) < 4.78 is 79.7. The van der Waals surface area contributed by atoms with Gasteiger partial charge in [-0.05, 0) is 44.4 Å². The monoisotopic (exact) mass is 546 g/mol. The molecule has 0 aliphatic carbocycles. The third-order valence-corrected chi connectivity index (χ3v) is 7.39. The van der Waals surface area contributed by atoms with E-state index >= 15 is 0 Å². The number of nitrogens with zero attached hydrogens (tertiary/aromatic N) is 2. The molecule has 1 N–H and O–H groups in total. The van der Waals surface area contributed by atoms with Crippen molar-refractivity contribution >= 4 is 16.1 Å². The van der Waals surface area contributed by atoms with Gasteiger partial charge in [-0.15, -0.1) is 0 Å². The van der Waals surface area contributed by atoms with Crippen molar-refractivity contribution in [3.05, 3.63) is 45.7 Å². The maximum atomic E-state index is 13.1. The molecule has 0 unspecified atom stereocenters. The minimum absolute atomic E-state index is 0.00689. The van der Waals surface area contributed by atoms with Crippen molar-refractivity contribution in [3.63, 3.8) is 0 Å². The average Bonchev–Trinajstić information content (AvgIpc) is 3.11. The molecule has 0 radical (unpaired) electrons. The predicted molar refractivity (Wildman–Crippen MR) is 125 cm³/mol. The lowest BCUT2D eigenvalue weighted by molar-refractivity contribution is -0.0500. The lowest BCUT2D eigenvalue weighted by Gasteiger charge is -2.44. The Morgan fingerprint density at radius 3 is 2.51 bits per heavy atom. The summed E-state index contributed by atoms with van der Waals surface area (Å²) in [5.41, 5.74) is -6.48. The van der Waals surface area contributed by atoms with Gasteiger partial charge in [-0.3, -0.25) is 14.5 Å². The molecule has 0 amide bonds. The number of methoxy groups -OCH3 is 1. The highest BCUT2D eigenvalue weighted by Crippen LogP contribution is 2.51. The fraction of sp³-hybridized carbons (Fsp3) is 0.478. The largest absolute Gasteiger partial charge is 0.534 e. The number of aromatic nitrogens is 1. The minimum atomic E-state index is -6.04. The van der Waals surface area contributed by atoms with Gasteiger partial charge in [0.15, 0.2) is 16.9 Å². The van der Waals surface area contributed by atoms with Crippen molar-refractivity contribution in [2.75, 3.05) is 25.3 Å². The van der Waals surface area contributed by atoms with Gasteiger partial charge in [0.1, 0.15) is 5.56 Å². The summed E-state index contributed by atoms with van der Waals surface area (Å²) in [6.07, 6.45) is 2.82. The molecule has 1 aromatic carbocycles. The molecule has 0 spiro atoms. The summed E-state index contributed by atoms with van der Waals surface area (Å²) in [5, 5.41) is 11.4. The lowest BCUT2D eigenvalue weighted by atomic mass is 9.93. The van der Waals surface area contributed by atoms with Gasteiger partial charge in [0, 0.05) is 38.0 Å². The van der Waals surface area contributed by atoms with Crippen LogP contribution < -0.4 is 19.4 Å². The van der Waals surface area contributed by atoms with Crippen molar-refractivity contribution in [2.45, 2.75) is 50.2 Å². The quantitative estimate of drug-likeness (QED) is 0.301. The van der Waals surface area contributed by atoms with Gasteiger partial charge in [0.2, 0.25) is 0 Å². The van der Waals surface area contributed by atoms with E-state index in [0.29, 0.717) is 31.4 Å². The summed E-state index contributed by atoms with van der Waals surface area (Å²) in [4.78, 5) is 24.2. The topological polar surface area (TPSA) is 124 Å². The Labute approximate surface area is 210 Å². The molecule has 2 aliphatic rings. The Hall–Kier alpha value is -3.26. The van der Waals surface area contributed by atoms with Crippen LogP contribution in [-0.4, -0.2) is 55.5 Å². The molecular formula is C23H25F3N2O8S. The minimum Gasteiger partial charge on any atom is -0.490 e. The first kappa shape index (κ1) is 26.8. The normalized spacial score (nSPS) is 18.1. The molecular weight excluding hydrogens is 521 g/mol. The number of ether oxygens (including phenoxy) is 2. The summed E-state index contributed by atoms with van der Waals surface area (Å²) in [6.45, 7) is 4.19. The Balaban J connectivity index is 1.94. The second kappa shape index (κ2) is 9.24. The van der Waals surface area contributed by atoms with Gasteiger partial charge in [-0.1, -0.05) is 0 Å². The summed E-state index contributed by atoms with van der Waals surface area (Å²) >= 11 is 0. The number of carboxylic acids is 1. The van der Waals surface area contributed by atoms with Crippen LogP contribution in [0.25, 0.3) is 11.3 Å². The van der Waals surface area contributed by atoms with Gasteiger partial charge in [0.05, 0.1) is 23.9 Å². The zero-order chi connectivity index (χ0) is 27.3. The summed E-state index contributed by atoms with van der Waals surface area (Å²) in [6, 6.07) is 3.20. The van der Waals surface area contributed by atoms with Crippen molar-refractivity contribution < 1.29 is 45.1 Å². The summed E-state index contributed by atoms with van der Waals surface area (Å²) in [5.74, 6) is -2.36. The molecule has 37 heavy (non-hydrogen) atoms. The number of aromatic carboxylic acids is 1. The number of carboxylic acid groups (broad SMARTS) is 1. The molecule has 202 valence electrons. The van der Waals surface area contributed by atoms with Crippen LogP contribution in [0.3, 0.4) is 0 Å². The van der Waals surface area contributed by atoms with Gasteiger partial charge < -0.3 is 18.8 Å². The first-order valence-electron chi connectivity index (χ1n) is 11.3. The highest BCUT2D eigenvalue weighted by Gasteiger charge is 2.50. The Bertz CT molecular complexity index is 1400. The number of alkyl halides is 3. The molecule has 1 fully saturated rings. The molecule has 4 rings (SSSR count). The molecule has 0 saturated carbocycles. The smallest absolute Gasteiger partial charge is 0.490 e. The molecule has 3 heterocycles. The van der Waals surface area contributed by atoms with E-state index in [-0.39, 0.29) is 29.7 Å². The van der Waals surface area contributed by atoms with E-state index in [4.69, 9.17) is 9.47 Å². The number of rotatable bonds is 8. The number of hydrogen-bond acceptors (Lipinski definition) is 8. The number of halogens is 3. The van der Waals surface area contributed by atoms with Crippen molar-refractivity contribution in [1.82, 2.24) is 4.68 Å². The molecule has 10 nitrogen and oxygen atoms in total. The van der Waals surface area contributed by atoms with Crippen LogP contribution in [0.4, 0.5) is 13.2 Å². The molecule has 2 aromatic rings. The van der Waals surface area contributed by atoms with Crippen LogP contribution in [0, 0.1) is 0 Å². The lowest BCUT2D eigenvalue weighted by Crippen LogP contribution is -2.50. The second-order valence-electron chi connectivity index (χ2n) is 9.36. The van der Waals surface area contributed by atoms with E-state index in [1.165, 1.54) is 24.0 Å². The Morgan fingerprint density at radius 1 is 1.19 bits per heavy atom. The number of pyridine rings is 1. The fourth-order valence-corrected chi connectivity index (χ4v) is 5.20. The number of carbonyl (C=O) groups is 1. The first-order chi connectivity index (χ1) is 17.2. The predicted octanol–water partition coefficient (Wildman–Crippen LogP) is 3.42. The number of hydrogen-bond donors (Lipinski definition) is 1. The molecule has 1 saturated heterocycles. The first-order valence-corrected chi connectivity index (χ1v) is 12.7. The van der Waals surface area contributed by atoms with Crippen molar-refractivity contribution in [2.24, 2.45) is 0 Å². The van der Waals surface area contributed by atoms with Crippen molar-refractivity contribution in [3.8, 4) is 22.8 Å². The third kappa shape index (κ3) is 4.75. The molecule has 2 aliphatic heterocycles. The standard InChI is InChI=1S/C23H25F3N2O8S/c1-22(2)6-5-16-13-9-19(35-8-4-7-34-3)20(36-37(32,33)23(24,25)26)10-14(13)17-11-18(29)15(21(30)31)12-27(17)28(16)22/h9-12,16H,4-8H2,1-3H3,(H,30,31)/t16-/m1/s1. The van der Waals surface area contributed by atoms with Gasteiger partial charge in [-0.25, -0.2) is 4.79 Å². The fourth-order valence-electron chi connectivity index (χ4n) is 4.74. The second-order valence-corrected chi connectivity index (χ2v) is 10.9. The van der Waals surface area contributed by atoms with Gasteiger partial charge >= 0.3 is 21.6 Å². The van der Waals surface area contributed by atoms with Crippen molar-refractivity contribution in [1.29, 1.82) is 0 Å². The number of benzene rings is 1.